The molecule has 0 N–H and O–H groups in total. The molecule has 1 fully saturated rings. The van der Waals surface area contributed by atoms with Crippen LogP contribution < -0.4 is 0 Å². The van der Waals surface area contributed by atoms with E-state index in [0.29, 0.717) is 5.91 Å². The summed E-state index contributed by atoms with van der Waals surface area (Å²) in [4.78, 5) is 13.9. The predicted octanol–water partition coefficient (Wildman–Crippen LogP) is 2.14. The molecule has 76 valence electrons. The van der Waals surface area contributed by atoms with Crippen LogP contribution in [0, 0.1) is 0 Å². The van der Waals surface area contributed by atoms with Gasteiger partial charge in [0.2, 0.25) is 5.91 Å². The molecule has 1 atom stereocenters. The maximum Gasteiger partial charge on any atom is 0.235 e. The molecule has 1 amide bonds. The predicted molar refractivity (Wildman–Crippen MR) is 58.0 cm³/mol. The lowest BCUT2D eigenvalue weighted by Gasteiger charge is -2.21. The third kappa shape index (κ3) is 2.90. The molecule has 0 aromatic heterocycles. The highest BCUT2D eigenvalue weighted by Crippen LogP contribution is 2.19. The normalized spacial score (nSPS) is 19.1. The molecule has 1 rings (SSSR count). The zero-order valence-electron chi connectivity index (χ0n) is 8.58. The van der Waals surface area contributed by atoms with Crippen LogP contribution in [0.25, 0.3) is 0 Å². The van der Waals surface area contributed by atoms with Gasteiger partial charge in [0.05, 0.1) is 5.25 Å². The summed E-state index contributed by atoms with van der Waals surface area (Å²) >= 11 is 1.70. The van der Waals surface area contributed by atoms with Crippen LogP contribution >= 0.6 is 11.8 Å². The largest absolute Gasteiger partial charge is 0.342 e. The Kier molecular flexibility index (Phi) is 4.64. The number of hydrogen-bond donors (Lipinski definition) is 0. The summed E-state index contributed by atoms with van der Waals surface area (Å²) < 4.78 is 0. The van der Waals surface area contributed by atoms with Gasteiger partial charge in [0.15, 0.2) is 0 Å². The third-order valence-electron chi connectivity index (χ3n) is 2.53. The third-order valence-corrected chi connectivity index (χ3v) is 3.53. The van der Waals surface area contributed by atoms with Gasteiger partial charge in [-0.15, -0.1) is 0 Å². The second-order valence-corrected chi connectivity index (χ2v) is 4.59. The van der Waals surface area contributed by atoms with Crippen LogP contribution in [0.15, 0.2) is 0 Å². The lowest BCUT2D eigenvalue weighted by Crippen LogP contribution is -2.35. The standard InChI is InChI=1S/C10H19NOS/c1-3-6-9(13-2)10(12)11-7-4-5-8-11/h9H,3-8H2,1-2H3. The van der Waals surface area contributed by atoms with Crippen LogP contribution in [0.4, 0.5) is 0 Å². The Labute approximate surface area is 85.1 Å². The summed E-state index contributed by atoms with van der Waals surface area (Å²) in [6.07, 6.45) is 6.55. The number of carbonyl (C=O) groups is 1. The average Bonchev–Trinajstić information content (AvgIpc) is 2.65. The second-order valence-electron chi connectivity index (χ2n) is 3.55. The molecule has 0 bridgehead atoms. The fourth-order valence-electron chi connectivity index (χ4n) is 1.75. The highest BCUT2D eigenvalue weighted by atomic mass is 32.2. The minimum Gasteiger partial charge on any atom is -0.342 e. The van der Waals surface area contributed by atoms with E-state index < -0.39 is 0 Å². The average molecular weight is 201 g/mol. The minimum absolute atomic E-state index is 0.211. The van der Waals surface area contributed by atoms with E-state index in [2.05, 4.69) is 6.92 Å². The summed E-state index contributed by atoms with van der Waals surface area (Å²) in [7, 11) is 0. The van der Waals surface area contributed by atoms with Crippen molar-refractivity contribution in [2.45, 2.75) is 37.9 Å². The highest BCUT2D eigenvalue weighted by molar-refractivity contribution is 7.99. The van der Waals surface area contributed by atoms with Crippen molar-refractivity contribution in [2.75, 3.05) is 19.3 Å². The smallest absolute Gasteiger partial charge is 0.235 e. The summed E-state index contributed by atoms with van der Waals surface area (Å²) in [6.45, 7) is 4.11. The van der Waals surface area contributed by atoms with E-state index in [-0.39, 0.29) is 5.25 Å². The van der Waals surface area contributed by atoms with Crippen molar-refractivity contribution in [1.82, 2.24) is 4.90 Å². The monoisotopic (exact) mass is 201 g/mol. The Morgan fingerprint density at radius 2 is 2.08 bits per heavy atom. The molecule has 0 aliphatic carbocycles. The van der Waals surface area contributed by atoms with Gasteiger partial charge < -0.3 is 4.90 Å². The molecule has 0 saturated carbocycles. The summed E-state index contributed by atoms with van der Waals surface area (Å²) in [5.74, 6) is 0.367. The fraction of sp³-hybridized carbons (Fsp3) is 0.900. The Balaban J connectivity index is 2.42. The van der Waals surface area contributed by atoms with Crippen LogP contribution in [0.2, 0.25) is 0 Å². The Morgan fingerprint density at radius 3 is 2.54 bits per heavy atom. The maximum absolute atomic E-state index is 11.9. The molecule has 1 aliphatic heterocycles. The number of carbonyl (C=O) groups excluding carboxylic acids is 1. The van der Waals surface area contributed by atoms with E-state index >= 15 is 0 Å². The van der Waals surface area contributed by atoms with Crippen molar-refractivity contribution in [2.24, 2.45) is 0 Å². The molecule has 0 spiro atoms. The molecule has 1 aliphatic rings. The van der Waals surface area contributed by atoms with Crippen LogP contribution in [0.3, 0.4) is 0 Å². The van der Waals surface area contributed by atoms with Crippen molar-refractivity contribution in [3.05, 3.63) is 0 Å². The van der Waals surface area contributed by atoms with Gasteiger partial charge in [-0.05, 0) is 25.5 Å². The van der Waals surface area contributed by atoms with E-state index in [9.17, 15) is 4.79 Å². The SMILES string of the molecule is CCCC(SC)C(=O)N1CCCC1. The number of amides is 1. The lowest BCUT2D eigenvalue weighted by molar-refractivity contribution is -0.129. The Hall–Kier alpha value is -0.180. The molecule has 3 heteroatoms. The lowest BCUT2D eigenvalue weighted by atomic mass is 10.2. The van der Waals surface area contributed by atoms with Gasteiger partial charge in [-0.3, -0.25) is 4.79 Å². The molecule has 0 radical (unpaired) electrons. The number of nitrogens with zero attached hydrogens (tertiary/aromatic N) is 1. The summed E-state index contributed by atoms with van der Waals surface area (Å²) in [5.41, 5.74) is 0. The quantitative estimate of drug-likeness (QED) is 0.694. The number of likely N-dealkylation sites (tertiary alicyclic amines) is 1. The van der Waals surface area contributed by atoms with Crippen molar-refractivity contribution < 1.29 is 4.79 Å². The Bertz CT molecular complexity index is 166. The van der Waals surface area contributed by atoms with Crippen molar-refractivity contribution in [3.63, 3.8) is 0 Å². The first-order valence-corrected chi connectivity index (χ1v) is 6.40. The van der Waals surface area contributed by atoms with E-state index in [1.165, 1.54) is 12.8 Å². The molecular formula is C10H19NOS. The second kappa shape index (κ2) is 5.53. The van der Waals surface area contributed by atoms with Crippen LogP contribution in [0.1, 0.15) is 32.6 Å². The maximum atomic E-state index is 11.9. The van der Waals surface area contributed by atoms with Gasteiger partial charge in [0.25, 0.3) is 0 Å². The van der Waals surface area contributed by atoms with Gasteiger partial charge >= 0.3 is 0 Å². The van der Waals surface area contributed by atoms with E-state index in [1.54, 1.807) is 11.8 Å². The van der Waals surface area contributed by atoms with Gasteiger partial charge in [0, 0.05) is 13.1 Å². The van der Waals surface area contributed by atoms with Crippen LogP contribution in [0.5, 0.6) is 0 Å². The topological polar surface area (TPSA) is 20.3 Å². The number of thioether (sulfide) groups is 1. The summed E-state index contributed by atoms with van der Waals surface area (Å²) in [5, 5.41) is 0.211. The molecule has 1 saturated heterocycles. The summed E-state index contributed by atoms with van der Waals surface area (Å²) in [6, 6.07) is 0. The molecular weight excluding hydrogens is 182 g/mol. The zero-order valence-corrected chi connectivity index (χ0v) is 9.40. The van der Waals surface area contributed by atoms with Crippen LogP contribution in [-0.4, -0.2) is 35.4 Å². The molecule has 0 aromatic rings. The molecule has 1 unspecified atom stereocenters. The number of hydrogen-bond acceptors (Lipinski definition) is 2. The molecule has 13 heavy (non-hydrogen) atoms. The first-order chi connectivity index (χ1) is 6.29. The van der Waals surface area contributed by atoms with Gasteiger partial charge in [-0.2, -0.15) is 11.8 Å². The van der Waals surface area contributed by atoms with E-state index in [1.807, 2.05) is 11.2 Å². The van der Waals surface area contributed by atoms with E-state index in [4.69, 9.17) is 0 Å². The van der Waals surface area contributed by atoms with Gasteiger partial charge in [-0.25, -0.2) is 0 Å². The van der Waals surface area contributed by atoms with Crippen molar-refractivity contribution in [1.29, 1.82) is 0 Å². The molecule has 1 heterocycles. The minimum atomic E-state index is 0.211. The van der Waals surface area contributed by atoms with E-state index in [0.717, 1.165) is 25.9 Å². The van der Waals surface area contributed by atoms with Gasteiger partial charge in [0.1, 0.15) is 0 Å². The van der Waals surface area contributed by atoms with Gasteiger partial charge in [-0.1, -0.05) is 13.3 Å². The van der Waals surface area contributed by atoms with Crippen LogP contribution in [-0.2, 0) is 4.79 Å². The fourth-order valence-corrected chi connectivity index (χ4v) is 2.57. The highest BCUT2D eigenvalue weighted by Gasteiger charge is 2.24. The van der Waals surface area contributed by atoms with Crippen molar-refractivity contribution in [3.8, 4) is 0 Å². The first kappa shape index (κ1) is 10.9. The Morgan fingerprint density at radius 1 is 1.46 bits per heavy atom. The van der Waals surface area contributed by atoms with Crippen molar-refractivity contribution >= 4 is 17.7 Å². The zero-order chi connectivity index (χ0) is 9.68. The first-order valence-electron chi connectivity index (χ1n) is 5.11. The number of rotatable bonds is 4. The molecule has 2 nitrogen and oxygen atoms in total. The molecule has 0 aromatic carbocycles.